The Kier molecular flexibility index (Phi) is 7.47. The summed E-state index contributed by atoms with van der Waals surface area (Å²) < 4.78 is 41.3. The van der Waals surface area contributed by atoms with Gasteiger partial charge in [-0.15, -0.1) is 0 Å². The largest absolute Gasteiger partial charge is 0.435 e. The van der Waals surface area contributed by atoms with Gasteiger partial charge in [-0.3, -0.25) is 9.69 Å². The molecule has 2 rings (SSSR count). The lowest BCUT2D eigenvalue weighted by molar-refractivity contribution is -0.122. The standard InChI is InChI=1S/C19H21F3N2O2/c1-24(12-15-2-6-16(20)7-3-15)13-18(25)23-11-10-14-4-8-17(9-5-14)26-19(21)22/h2-9,19H,10-13H2,1H3,(H,23,25). The Hall–Kier alpha value is -2.54. The number of amides is 1. The van der Waals surface area contributed by atoms with Crippen molar-refractivity contribution in [3.05, 3.63) is 65.5 Å². The molecule has 0 aliphatic rings. The number of hydrogen-bond acceptors (Lipinski definition) is 3. The van der Waals surface area contributed by atoms with E-state index in [1.165, 1.54) is 24.3 Å². The molecule has 26 heavy (non-hydrogen) atoms. The van der Waals surface area contributed by atoms with E-state index in [0.717, 1.165) is 11.1 Å². The Morgan fingerprint density at radius 3 is 2.31 bits per heavy atom. The molecule has 0 saturated heterocycles. The quantitative estimate of drug-likeness (QED) is 0.741. The molecule has 0 fully saturated rings. The summed E-state index contributed by atoms with van der Waals surface area (Å²) in [4.78, 5) is 13.8. The Morgan fingerprint density at radius 1 is 1.08 bits per heavy atom. The maximum atomic E-state index is 12.9. The predicted molar refractivity (Wildman–Crippen MR) is 92.5 cm³/mol. The molecule has 0 aromatic heterocycles. The maximum absolute atomic E-state index is 12.9. The van der Waals surface area contributed by atoms with Crippen LogP contribution in [0.5, 0.6) is 5.75 Å². The van der Waals surface area contributed by atoms with E-state index in [0.29, 0.717) is 19.5 Å². The molecule has 0 heterocycles. The van der Waals surface area contributed by atoms with Crippen molar-refractivity contribution in [3.63, 3.8) is 0 Å². The Balaban J connectivity index is 1.68. The van der Waals surface area contributed by atoms with Gasteiger partial charge in [0.25, 0.3) is 0 Å². The van der Waals surface area contributed by atoms with E-state index in [4.69, 9.17) is 0 Å². The van der Waals surface area contributed by atoms with Crippen LogP contribution in [0.25, 0.3) is 0 Å². The molecule has 1 N–H and O–H groups in total. The summed E-state index contributed by atoms with van der Waals surface area (Å²) in [7, 11) is 1.81. The van der Waals surface area contributed by atoms with Gasteiger partial charge >= 0.3 is 6.61 Å². The highest BCUT2D eigenvalue weighted by Crippen LogP contribution is 2.15. The zero-order valence-electron chi connectivity index (χ0n) is 14.4. The van der Waals surface area contributed by atoms with Crippen molar-refractivity contribution in [1.29, 1.82) is 0 Å². The first kappa shape index (κ1) is 19.8. The van der Waals surface area contributed by atoms with Crippen LogP contribution in [0.15, 0.2) is 48.5 Å². The number of nitrogens with zero attached hydrogens (tertiary/aromatic N) is 1. The molecule has 0 aliphatic carbocycles. The maximum Gasteiger partial charge on any atom is 0.387 e. The molecule has 0 saturated carbocycles. The zero-order valence-corrected chi connectivity index (χ0v) is 14.4. The van der Waals surface area contributed by atoms with Crippen LogP contribution in [0.1, 0.15) is 11.1 Å². The van der Waals surface area contributed by atoms with Crippen LogP contribution >= 0.6 is 0 Å². The lowest BCUT2D eigenvalue weighted by Crippen LogP contribution is -2.35. The van der Waals surface area contributed by atoms with E-state index < -0.39 is 6.61 Å². The number of likely N-dealkylation sites (N-methyl/N-ethyl adjacent to an activating group) is 1. The van der Waals surface area contributed by atoms with Gasteiger partial charge in [-0.2, -0.15) is 8.78 Å². The number of nitrogens with one attached hydrogen (secondary N) is 1. The average Bonchev–Trinajstić information content (AvgIpc) is 2.58. The van der Waals surface area contributed by atoms with Gasteiger partial charge in [-0.1, -0.05) is 24.3 Å². The number of benzene rings is 2. The second-order valence-corrected chi connectivity index (χ2v) is 5.92. The molecule has 7 heteroatoms. The fraction of sp³-hybridized carbons (Fsp3) is 0.316. The summed E-state index contributed by atoms with van der Waals surface area (Å²) in [6.45, 7) is -1.64. The minimum atomic E-state index is -2.84. The molecule has 0 atom stereocenters. The van der Waals surface area contributed by atoms with Gasteiger partial charge in [0, 0.05) is 13.1 Å². The fourth-order valence-electron chi connectivity index (χ4n) is 2.44. The van der Waals surface area contributed by atoms with Crippen LogP contribution in [0.3, 0.4) is 0 Å². The molecule has 0 spiro atoms. The SMILES string of the molecule is CN(CC(=O)NCCc1ccc(OC(F)F)cc1)Cc1ccc(F)cc1. The highest BCUT2D eigenvalue weighted by Gasteiger charge is 2.08. The molecule has 2 aromatic carbocycles. The van der Waals surface area contributed by atoms with Crippen molar-refractivity contribution < 1.29 is 22.7 Å². The van der Waals surface area contributed by atoms with Crippen molar-refractivity contribution in [2.24, 2.45) is 0 Å². The minimum Gasteiger partial charge on any atom is -0.435 e. The van der Waals surface area contributed by atoms with Crippen LogP contribution in [-0.2, 0) is 17.8 Å². The van der Waals surface area contributed by atoms with E-state index in [1.807, 2.05) is 11.9 Å². The number of rotatable bonds is 9. The third-order valence-electron chi connectivity index (χ3n) is 3.66. The summed E-state index contributed by atoms with van der Waals surface area (Å²) in [5.74, 6) is -0.301. The number of carbonyl (C=O) groups is 1. The minimum absolute atomic E-state index is 0.107. The lowest BCUT2D eigenvalue weighted by atomic mass is 10.1. The second kappa shape index (κ2) is 9.82. The molecular weight excluding hydrogens is 345 g/mol. The summed E-state index contributed by atoms with van der Waals surface area (Å²) in [5.41, 5.74) is 1.83. The van der Waals surface area contributed by atoms with Gasteiger partial charge in [0.2, 0.25) is 5.91 Å². The number of alkyl halides is 2. The van der Waals surface area contributed by atoms with Crippen molar-refractivity contribution in [3.8, 4) is 5.75 Å². The summed E-state index contributed by atoms with van der Waals surface area (Å²) >= 11 is 0. The van der Waals surface area contributed by atoms with Crippen molar-refractivity contribution in [2.45, 2.75) is 19.6 Å². The van der Waals surface area contributed by atoms with Crippen molar-refractivity contribution in [2.75, 3.05) is 20.1 Å². The molecule has 0 bridgehead atoms. The number of halogens is 3. The molecule has 140 valence electrons. The van der Waals surface area contributed by atoms with Crippen LogP contribution in [0, 0.1) is 5.82 Å². The predicted octanol–water partition coefficient (Wildman–Crippen LogP) is 3.22. The molecule has 0 radical (unpaired) electrons. The van der Waals surface area contributed by atoms with Crippen molar-refractivity contribution >= 4 is 5.91 Å². The Bertz CT molecular complexity index is 691. The molecule has 4 nitrogen and oxygen atoms in total. The van der Waals surface area contributed by atoms with E-state index in [2.05, 4.69) is 10.1 Å². The molecule has 0 unspecified atom stereocenters. The second-order valence-electron chi connectivity index (χ2n) is 5.92. The van der Waals surface area contributed by atoms with Gasteiger partial charge in [0.1, 0.15) is 11.6 Å². The van der Waals surface area contributed by atoms with E-state index in [-0.39, 0.29) is 24.0 Å². The molecule has 0 aliphatic heterocycles. The Labute approximate surface area is 150 Å². The summed E-state index contributed by atoms with van der Waals surface area (Å²) in [5, 5.41) is 2.81. The van der Waals surface area contributed by atoms with Crippen molar-refractivity contribution in [1.82, 2.24) is 10.2 Å². The van der Waals surface area contributed by atoms with Gasteiger partial charge in [0.05, 0.1) is 6.54 Å². The normalized spacial score (nSPS) is 11.0. The third-order valence-corrected chi connectivity index (χ3v) is 3.66. The third kappa shape index (κ3) is 7.14. The van der Waals surface area contributed by atoms with E-state index in [1.54, 1.807) is 24.3 Å². The van der Waals surface area contributed by atoms with Gasteiger partial charge in [0.15, 0.2) is 0 Å². The highest BCUT2D eigenvalue weighted by molar-refractivity contribution is 5.77. The Morgan fingerprint density at radius 2 is 1.69 bits per heavy atom. The monoisotopic (exact) mass is 366 g/mol. The van der Waals surface area contributed by atoms with Crippen LogP contribution in [0.4, 0.5) is 13.2 Å². The fourth-order valence-corrected chi connectivity index (χ4v) is 2.44. The highest BCUT2D eigenvalue weighted by atomic mass is 19.3. The average molecular weight is 366 g/mol. The summed E-state index contributed by atoms with van der Waals surface area (Å²) in [6, 6.07) is 12.5. The van der Waals surface area contributed by atoms with Gasteiger partial charge in [-0.05, 0) is 48.9 Å². The molecule has 1 amide bonds. The van der Waals surface area contributed by atoms with Crippen LogP contribution in [-0.4, -0.2) is 37.6 Å². The first-order chi connectivity index (χ1) is 12.4. The number of carbonyl (C=O) groups excluding carboxylic acids is 1. The van der Waals surface area contributed by atoms with Gasteiger partial charge in [-0.25, -0.2) is 4.39 Å². The molecule has 2 aromatic rings. The zero-order chi connectivity index (χ0) is 18.9. The first-order valence-corrected chi connectivity index (χ1v) is 8.16. The smallest absolute Gasteiger partial charge is 0.387 e. The topological polar surface area (TPSA) is 41.6 Å². The summed E-state index contributed by atoms with van der Waals surface area (Å²) in [6.07, 6.45) is 0.586. The lowest BCUT2D eigenvalue weighted by Gasteiger charge is -2.16. The van der Waals surface area contributed by atoms with E-state index in [9.17, 15) is 18.0 Å². The van der Waals surface area contributed by atoms with Gasteiger partial charge < -0.3 is 10.1 Å². The van der Waals surface area contributed by atoms with Crippen LogP contribution in [0.2, 0.25) is 0 Å². The number of hydrogen-bond donors (Lipinski definition) is 1. The number of ether oxygens (including phenoxy) is 1. The molecular formula is C19H21F3N2O2. The van der Waals surface area contributed by atoms with Crippen LogP contribution < -0.4 is 10.1 Å². The van der Waals surface area contributed by atoms with E-state index >= 15 is 0 Å². The first-order valence-electron chi connectivity index (χ1n) is 8.16.